The zero-order valence-electron chi connectivity index (χ0n) is 36.2. The molecule has 1 heterocycles. The van der Waals surface area contributed by atoms with Crippen molar-refractivity contribution < 1.29 is 48.0 Å². The third kappa shape index (κ3) is 9.45. The van der Waals surface area contributed by atoms with Gasteiger partial charge in [-0.25, -0.2) is 4.39 Å². The molecule has 2 aliphatic carbocycles. The minimum Gasteiger partial charge on any atom is -0.496 e. The summed E-state index contributed by atoms with van der Waals surface area (Å²) in [5.74, 6) is -1.46. The van der Waals surface area contributed by atoms with Crippen LogP contribution in [0.5, 0.6) is 23.0 Å². The van der Waals surface area contributed by atoms with E-state index in [4.69, 9.17) is 23.8 Å². The quantitative estimate of drug-likeness (QED) is 0.0380. The number of benzene rings is 4. The Bertz CT molecular complexity index is 2400. The van der Waals surface area contributed by atoms with Crippen molar-refractivity contribution in [3.8, 4) is 29.1 Å². The Morgan fingerprint density at radius 1 is 0.984 bits per heavy atom. The number of hydrogen-bond acceptors (Lipinski definition) is 11. The van der Waals surface area contributed by atoms with Gasteiger partial charge in [0.25, 0.3) is 5.91 Å². The average Bonchev–Trinajstić information content (AvgIpc) is 3.32. The SMILES string of the molecule is C=CCO[C@@]12Oc3ccc(Oc4ccc(OC)c(C=O)c4)cc3[C@H]3[C@H](CCCCO)[C@@H](CCCCO)C=C(C(=NOC)C[C@@H]1N(Cc1ccc(F)cc1)C(=O)c1ccc(C#N)cc1)[C@H]32. The number of methoxy groups -OCH3 is 1. The number of carbonyl (C=O) groups is 2. The number of rotatable bonds is 20. The van der Waals surface area contributed by atoms with E-state index in [0.717, 1.165) is 36.8 Å². The molecule has 13 heteroatoms. The standard InChI is InChI=1S/C51H54FN3O9/c1-4-25-62-51-47(55(31-34-13-17-38(52)18-14-34)50(59)35-15-11-33(30-53)12-16-35)29-44(54-61-3)42-27-36(9-5-7-23-56)41(10-6-8-24-57)48(49(42)51)43-28-40(20-22-46(43)64-51)63-39-19-21-45(60-2)37(26-39)32-58/h4,11-22,26-28,32,36,41,47-49,56-57H,1,5-10,23-25,29,31H2,2-3H3/t36-,41+,47-,48+,49+,51+/m0/s1. The molecule has 0 radical (unpaired) electrons. The second kappa shape index (κ2) is 20.9. The van der Waals surface area contributed by atoms with Crippen LogP contribution in [0.15, 0.2) is 114 Å². The molecular formula is C51H54FN3O9. The topological polar surface area (TPSA) is 160 Å². The van der Waals surface area contributed by atoms with Crippen LogP contribution in [0.3, 0.4) is 0 Å². The molecule has 4 aromatic carbocycles. The first-order chi connectivity index (χ1) is 31.2. The number of aliphatic hydroxyl groups excluding tert-OH is 2. The number of nitrogens with zero attached hydrogens (tertiary/aromatic N) is 3. The molecule has 0 saturated heterocycles. The van der Waals surface area contributed by atoms with E-state index < -0.39 is 23.6 Å². The van der Waals surface area contributed by atoms with Gasteiger partial charge in [-0.1, -0.05) is 42.3 Å². The minimum absolute atomic E-state index is 0.0000598. The lowest BCUT2D eigenvalue weighted by molar-refractivity contribution is -0.255. The van der Waals surface area contributed by atoms with Gasteiger partial charge >= 0.3 is 0 Å². The summed E-state index contributed by atoms with van der Waals surface area (Å²) < 4.78 is 40.6. The molecule has 1 amide bonds. The van der Waals surface area contributed by atoms with Gasteiger partial charge in [-0.3, -0.25) is 9.59 Å². The second-order valence-electron chi connectivity index (χ2n) is 16.3. The fraction of sp³-hybridized carbons (Fsp3) is 0.373. The van der Waals surface area contributed by atoms with E-state index in [9.17, 15) is 24.7 Å². The van der Waals surface area contributed by atoms with Gasteiger partial charge in [0.15, 0.2) is 6.29 Å². The molecule has 3 aliphatic rings. The van der Waals surface area contributed by atoms with Crippen molar-refractivity contribution in [3.63, 3.8) is 0 Å². The van der Waals surface area contributed by atoms with Crippen LogP contribution in [-0.4, -0.2) is 78.9 Å². The second-order valence-corrected chi connectivity index (χ2v) is 16.3. The number of ether oxygens (including phenoxy) is 4. The maximum Gasteiger partial charge on any atom is 0.254 e. The Kier molecular flexibility index (Phi) is 14.9. The van der Waals surface area contributed by atoms with E-state index in [1.165, 1.54) is 26.4 Å². The molecule has 12 nitrogen and oxygen atoms in total. The highest BCUT2D eigenvalue weighted by atomic mass is 19.1. The lowest BCUT2D eigenvalue weighted by Gasteiger charge is -2.60. The molecule has 0 aromatic heterocycles. The molecule has 0 bridgehead atoms. The Morgan fingerprint density at radius 2 is 1.70 bits per heavy atom. The van der Waals surface area contributed by atoms with Gasteiger partial charge in [0.2, 0.25) is 5.79 Å². The number of oxime groups is 1. The minimum atomic E-state index is -1.56. The third-order valence-corrected chi connectivity index (χ3v) is 12.6. The predicted molar refractivity (Wildman–Crippen MR) is 238 cm³/mol. The largest absolute Gasteiger partial charge is 0.496 e. The monoisotopic (exact) mass is 871 g/mol. The van der Waals surface area contributed by atoms with Crippen molar-refractivity contribution >= 4 is 17.9 Å². The zero-order valence-corrected chi connectivity index (χ0v) is 36.2. The maximum absolute atomic E-state index is 15.2. The summed E-state index contributed by atoms with van der Waals surface area (Å²) in [5, 5.41) is 34.1. The average molecular weight is 872 g/mol. The first-order valence-corrected chi connectivity index (χ1v) is 21.7. The van der Waals surface area contributed by atoms with Crippen LogP contribution in [0.2, 0.25) is 0 Å². The Morgan fingerprint density at radius 3 is 2.38 bits per heavy atom. The molecule has 0 unspecified atom stereocenters. The molecule has 0 spiro atoms. The van der Waals surface area contributed by atoms with Gasteiger partial charge in [0.1, 0.15) is 42.0 Å². The third-order valence-electron chi connectivity index (χ3n) is 12.6. The van der Waals surface area contributed by atoms with Gasteiger partial charge in [-0.05, 0) is 121 Å². The van der Waals surface area contributed by atoms with E-state index in [-0.39, 0.29) is 56.4 Å². The lowest BCUT2D eigenvalue weighted by atomic mass is 9.55. The molecule has 334 valence electrons. The molecule has 1 aliphatic heterocycles. The van der Waals surface area contributed by atoms with Crippen LogP contribution < -0.4 is 14.2 Å². The van der Waals surface area contributed by atoms with Gasteiger partial charge in [0, 0.05) is 43.2 Å². The maximum atomic E-state index is 15.2. The van der Waals surface area contributed by atoms with E-state index in [0.29, 0.717) is 70.1 Å². The van der Waals surface area contributed by atoms with Gasteiger partial charge in [-0.15, -0.1) is 6.58 Å². The number of aldehydes is 1. The summed E-state index contributed by atoms with van der Waals surface area (Å²) in [6.07, 6.45) is 8.97. The number of allylic oxidation sites excluding steroid dienone is 1. The van der Waals surface area contributed by atoms with Crippen molar-refractivity contribution in [2.24, 2.45) is 22.9 Å². The molecular weight excluding hydrogens is 818 g/mol. The highest BCUT2D eigenvalue weighted by Gasteiger charge is 2.65. The first-order valence-electron chi connectivity index (χ1n) is 21.7. The Labute approximate surface area is 373 Å². The van der Waals surface area contributed by atoms with Crippen LogP contribution in [0.4, 0.5) is 4.39 Å². The summed E-state index contributed by atoms with van der Waals surface area (Å²) in [6, 6.07) is 24.3. The number of halogens is 1. The zero-order chi connectivity index (χ0) is 45.2. The normalized spacial score (nSPS) is 22.5. The number of carbonyl (C=O) groups excluding carboxylic acids is 2. The van der Waals surface area contributed by atoms with Crippen molar-refractivity contribution in [2.75, 3.05) is 34.0 Å². The van der Waals surface area contributed by atoms with Crippen molar-refractivity contribution in [1.82, 2.24) is 4.90 Å². The molecule has 4 aromatic rings. The summed E-state index contributed by atoms with van der Waals surface area (Å²) >= 11 is 0. The fourth-order valence-corrected chi connectivity index (χ4v) is 9.79. The molecule has 1 fully saturated rings. The van der Waals surface area contributed by atoms with Gasteiger partial charge in [-0.2, -0.15) is 5.26 Å². The summed E-state index contributed by atoms with van der Waals surface area (Å²) in [5.41, 5.74) is 4.03. The van der Waals surface area contributed by atoms with E-state index in [1.807, 2.05) is 12.1 Å². The predicted octanol–water partition coefficient (Wildman–Crippen LogP) is 8.92. The van der Waals surface area contributed by atoms with Crippen LogP contribution in [0.1, 0.15) is 88.3 Å². The van der Waals surface area contributed by atoms with Gasteiger partial charge < -0.3 is 38.9 Å². The van der Waals surface area contributed by atoms with Gasteiger partial charge in [0.05, 0.1) is 42.5 Å². The molecule has 6 atom stereocenters. The number of fused-ring (bicyclic) bond motifs is 2. The lowest BCUT2D eigenvalue weighted by Crippen LogP contribution is -2.70. The number of amides is 1. The number of unbranched alkanes of at least 4 members (excludes halogenated alkanes) is 2. The summed E-state index contributed by atoms with van der Waals surface area (Å²) in [4.78, 5) is 34.4. The van der Waals surface area contributed by atoms with Crippen molar-refractivity contribution in [1.29, 1.82) is 5.26 Å². The Balaban J connectivity index is 1.46. The fourth-order valence-electron chi connectivity index (χ4n) is 9.79. The van der Waals surface area contributed by atoms with Crippen LogP contribution in [0.25, 0.3) is 0 Å². The number of aliphatic hydroxyl groups is 2. The van der Waals surface area contributed by atoms with E-state index >= 15 is 4.79 Å². The van der Waals surface area contributed by atoms with E-state index in [1.54, 1.807) is 71.6 Å². The molecule has 2 N–H and O–H groups in total. The molecule has 1 saturated carbocycles. The smallest absolute Gasteiger partial charge is 0.254 e. The van der Waals surface area contributed by atoms with Crippen LogP contribution in [0, 0.1) is 34.9 Å². The van der Waals surface area contributed by atoms with Crippen molar-refractivity contribution in [3.05, 3.63) is 143 Å². The summed E-state index contributed by atoms with van der Waals surface area (Å²) in [7, 11) is 2.98. The summed E-state index contributed by atoms with van der Waals surface area (Å²) in [6.45, 7) is 4.20. The van der Waals surface area contributed by atoms with Crippen LogP contribution >= 0.6 is 0 Å². The highest BCUT2D eigenvalue weighted by molar-refractivity contribution is 6.03. The number of nitriles is 1. The van der Waals surface area contributed by atoms with Crippen molar-refractivity contribution in [2.45, 2.75) is 69.2 Å². The molecule has 64 heavy (non-hydrogen) atoms. The first kappa shape index (κ1) is 45.7. The molecule has 7 rings (SSSR count). The highest BCUT2D eigenvalue weighted by Crippen LogP contribution is 2.62. The van der Waals surface area contributed by atoms with Crippen LogP contribution in [-0.2, 0) is 16.1 Å². The van der Waals surface area contributed by atoms with E-state index in [2.05, 4.69) is 23.9 Å². The number of hydrogen-bond donors (Lipinski definition) is 2. The Hall–Kier alpha value is -6.33.